The largest absolute Gasteiger partial charge is 0.494 e. The van der Waals surface area contributed by atoms with Crippen LogP contribution in [0.25, 0.3) is 21.5 Å². The van der Waals surface area contributed by atoms with E-state index < -0.39 is 11.6 Å². The Morgan fingerprint density at radius 3 is 2.85 bits per heavy atom. The van der Waals surface area contributed by atoms with Gasteiger partial charge in [-0.15, -0.1) is 11.3 Å². The number of ether oxygens (including phenoxy) is 1. The summed E-state index contributed by atoms with van der Waals surface area (Å²) in [6.07, 6.45) is 5.14. The summed E-state index contributed by atoms with van der Waals surface area (Å²) in [7, 11) is 4.13. The molecule has 0 bridgehead atoms. The molecule has 0 saturated carbocycles. The highest BCUT2D eigenvalue weighted by atomic mass is 32.1. The fraction of sp³-hybridized carbons (Fsp3) is 0.433. The average Bonchev–Trinajstić information content (AvgIpc) is 3.54. The molecule has 1 amide bonds. The van der Waals surface area contributed by atoms with Gasteiger partial charge in [0.25, 0.3) is 5.91 Å². The van der Waals surface area contributed by atoms with Crippen molar-refractivity contribution in [3.8, 4) is 16.2 Å². The number of nitrogens with one attached hydrogen (secondary N) is 1. The Morgan fingerprint density at radius 1 is 1.18 bits per heavy atom. The van der Waals surface area contributed by atoms with Crippen LogP contribution in [0.3, 0.4) is 0 Å². The third-order valence-corrected chi connectivity index (χ3v) is 8.23. The number of aromatic nitrogens is 3. The van der Waals surface area contributed by atoms with Gasteiger partial charge < -0.3 is 19.5 Å². The normalized spacial score (nSPS) is 15.8. The summed E-state index contributed by atoms with van der Waals surface area (Å²) in [5, 5.41) is 0.816. The number of thiazole rings is 1. The Kier molecular flexibility index (Phi) is 8.75. The van der Waals surface area contributed by atoms with Gasteiger partial charge in [0.15, 0.2) is 11.6 Å². The van der Waals surface area contributed by atoms with E-state index in [4.69, 9.17) is 4.74 Å². The van der Waals surface area contributed by atoms with E-state index >= 15 is 0 Å². The first kappa shape index (κ1) is 28.2. The lowest BCUT2D eigenvalue weighted by molar-refractivity contribution is 0.0607. The van der Waals surface area contributed by atoms with Crippen molar-refractivity contribution in [3.63, 3.8) is 0 Å². The second-order valence-electron chi connectivity index (χ2n) is 10.6. The number of halogens is 2. The number of H-pyrrole nitrogens is 1. The van der Waals surface area contributed by atoms with Gasteiger partial charge in [0, 0.05) is 19.0 Å². The standard InChI is InChI=1S/C30H35F2N5O2S/c1-19-33-28(29(40-19)20-9-8-11-22(17-20)39-16-7-6-14-36(2)3)30(38)37-15-5-4-10-21(37)18-25-34-24-13-12-23(31)26(32)27(24)35-25/h8-9,11-13,17,21H,4-7,10,14-16,18H2,1-3H3,(H,34,35). The van der Waals surface area contributed by atoms with Crippen LogP contribution < -0.4 is 4.74 Å². The number of carbonyl (C=O) groups excluding carboxylic acids is 1. The number of hydrogen-bond donors (Lipinski definition) is 1. The fourth-order valence-corrected chi connectivity index (χ4v) is 6.13. The Balaban J connectivity index is 1.34. The molecule has 1 fully saturated rings. The molecule has 1 atom stereocenters. The number of carbonyl (C=O) groups is 1. The molecule has 40 heavy (non-hydrogen) atoms. The number of unbranched alkanes of at least 4 members (excludes halogenated alkanes) is 1. The predicted molar refractivity (Wildman–Crippen MR) is 154 cm³/mol. The van der Waals surface area contributed by atoms with Crippen LogP contribution in [-0.2, 0) is 6.42 Å². The van der Waals surface area contributed by atoms with Crippen molar-refractivity contribution in [2.45, 2.75) is 51.5 Å². The van der Waals surface area contributed by atoms with E-state index in [-0.39, 0.29) is 17.5 Å². The van der Waals surface area contributed by atoms with Crippen molar-refractivity contribution >= 4 is 28.3 Å². The molecule has 2 aromatic carbocycles. The van der Waals surface area contributed by atoms with E-state index in [1.807, 2.05) is 36.1 Å². The van der Waals surface area contributed by atoms with E-state index in [2.05, 4.69) is 33.9 Å². The van der Waals surface area contributed by atoms with E-state index in [0.29, 0.717) is 36.6 Å². The van der Waals surface area contributed by atoms with Crippen LogP contribution in [0, 0.1) is 18.6 Å². The highest BCUT2D eigenvalue weighted by molar-refractivity contribution is 7.15. The van der Waals surface area contributed by atoms with Gasteiger partial charge in [0.05, 0.1) is 22.0 Å². The molecule has 5 rings (SSSR count). The highest BCUT2D eigenvalue weighted by Gasteiger charge is 2.32. The van der Waals surface area contributed by atoms with Gasteiger partial charge in [-0.2, -0.15) is 0 Å². The number of benzene rings is 2. The maximum absolute atomic E-state index is 14.2. The summed E-state index contributed by atoms with van der Waals surface area (Å²) in [6, 6.07) is 10.3. The quantitative estimate of drug-likeness (QED) is 0.230. The summed E-state index contributed by atoms with van der Waals surface area (Å²) in [6.45, 7) is 4.18. The maximum Gasteiger partial charge on any atom is 0.274 e. The molecule has 1 aliphatic heterocycles. The van der Waals surface area contributed by atoms with Gasteiger partial charge in [-0.25, -0.2) is 18.7 Å². The molecular weight excluding hydrogens is 532 g/mol. The minimum atomic E-state index is -0.959. The molecule has 0 aliphatic carbocycles. The molecule has 0 spiro atoms. The van der Waals surface area contributed by atoms with Crippen LogP contribution in [0.2, 0.25) is 0 Å². The first-order valence-electron chi connectivity index (χ1n) is 13.8. The van der Waals surface area contributed by atoms with Crippen LogP contribution in [0.4, 0.5) is 8.78 Å². The second-order valence-corrected chi connectivity index (χ2v) is 11.8. The number of fused-ring (bicyclic) bond motifs is 1. The number of imidazole rings is 1. The number of piperidine rings is 1. The number of nitrogens with zero attached hydrogens (tertiary/aromatic N) is 4. The number of likely N-dealkylation sites (tertiary alicyclic amines) is 1. The minimum absolute atomic E-state index is 0.0131. The minimum Gasteiger partial charge on any atom is -0.494 e. The van der Waals surface area contributed by atoms with E-state index in [0.717, 1.165) is 65.9 Å². The monoisotopic (exact) mass is 567 g/mol. The number of rotatable bonds is 10. The summed E-state index contributed by atoms with van der Waals surface area (Å²) in [5.41, 5.74) is 1.78. The molecule has 212 valence electrons. The number of aryl methyl sites for hydroxylation is 1. The molecule has 4 aromatic rings. The van der Waals surface area contributed by atoms with Gasteiger partial charge in [-0.3, -0.25) is 4.79 Å². The van der Waals surface area contributed by atoms with E-state index in [9.17, 15) is 13.6 Å². The third-order valence-electron chi connectivity index (χ3n) is 7.21. The number of hydrogen-bond acceptors (Lipinski definition) is 6. The van der Waals surface area contributed by atoms with E-state index in [1.54, 1.807) is 0 Å². The molecule has 7 nitrogen and oxygen atoms in total. The Labute approximate surface area is 237 Å². The SMILES string of the molecule is Cc1nc(C(=O)N2CCCCC2Cc2nc3c(F)c(F)ccc3[nH]2)c(-c2cccc(OCCCCN(C)C)c2)s1. The molecule has 10 heteroatoms. The first-order valence-corrected chi connectivity index (χ1v) is 14.6. The van der Waals surface area contributed by atoms with Crippen LogP contribution in [0.15, 0.2) is 36.4 Å². The lowest BCUT2D eigenvalue weighted by Crippen LogP contribution is -2.45. The Morgan fingerprint density at radius 2 is 2.02 bits per heavy atom. The third kappa shape index (κ3) is 6.33. The van der Waals surface area contributed by atoms with Gasteiger partial charge in [-0.1, -0.05) is 12.1 Å². The summed E-state index contributed by atoms with van der Waals surface area (Å²) < 4.78 is 34.0. The van der Waals surface area contributed by atoms with Crippen LogP contribution in [0.5, 0.6) is 5.75 Å². The van der Waals surface area contributed by atoms with Gasteiger partial charge in [-0.05, 0) is 89.5 Å². The molecule has 3 heterocycles. The summed E-state index contributed by atoms with van der Waals surface area (Å²) in [5.74, 6) is -0.692. The van der Waals surface area contributed by atoms with Crippen LogP contribution >= 0.6 is 11.3 Å². The van der Waals surface area contributed by atoms with Crippen LogP contribution in [-0.4, -0.2) is 70.5 Å². The second kappa shape index (κ2) is 12.4. The zero-order valence-corrected chi connectivity index (χ0v) is 24.0. The lowest BCUT2D eigenvalue weighted by Gasteiger charge is -2.35. The van der Waals surface area contributed by atoms with Crippen molar-refractivity contribution < 1.29 is 18.3 Å². The highest BCUT2D eigenvalue weighted by Crippen LogP contribution is 2.34. The topological polar surface area (TPSA) is 74.3 Å². The lowest BCUT2D eigenvalue weighted by atomic mass is 9.98. The molecule has 1 N–H and O–H groups in total. The molecule has 0 radical (unpaired) electrons. The first-order chi connectivity index (χ1) is 19.3. The van der Waals surface area contributed by atoms with Crippen molar-refractivity contribution in [1.29, 1.82) is 0 Å². The van der Waals surface area contributed by atoms with Crippen molar-refractivity contribution in [2.75, 3.05) is 33.8 Å². The van der Waals surface area contributed by atoms with E-state index in [1.165, 1.54) is 17.4 Å². The summed E-state index contributed by atoms with van der Waals surface area (Å²) in [4.78, 5) is 30.9. The van der Waals surface area contributed by atoms with Crippen molar-refractivity contribution in [2.24, 2.45) is 0 Å². The molecule has 1 unspecified atom stereocenters. The van der Waals surface area contributed by atoms with Crippen LogP contribution in [0.1, 0.15) is 53.4 Å². The van der Waals surface area contributed by atoms with Gasteiger partial charge in [0.1, 0.15) is 22.8 Å². The molecule has 1 aliphatic rings. The Hall–Kier alpha value is -3.37. The number of aromatic amines is 1. The number of amides is 1. The maximum atomic E-state index is 14.2. The van der Waals surface area contributed by atoms with Crippen molar-refractivity contribution in [1.82, 2.24) is 24.8 Å². The Bertz CT molecular complexity index is 1480. The molecular formula is C30H35F2N5O2S. The molecule has 2 aromatic heterocycles. The predicted octanol–water partition coefficient (Wildman–Crippen LogP) is 6.23. The van der Waals surface area contributed by atoms with Crippen molar-refractivity contribution in [3.05, 3.63) is 64.6 Å². The molecule has 1 saturated heterocycles. The zero-order valence-electron chi connectivity index (χ0n) is 23.2. The zero-order chi connectivity index (χ0) is 28.2. The smallest absolute Gasteiger partial charge is 0.274 e. The fourth-order valence-electron chi connectivity index (χ4n) is 5.22. The van der Waals surface area contributed by atoms with Gasteiger partial charge >= 0.3 is 0 Å². The van der Waals surface area contributed by atoms with Gasteiger partial charge in [0.2, 0.25) is 0 Å². The average molecular weight is 568 g/mol. The summed E-state index contributed by atoms with van der Waals surface area (Å²) >= 11 is 1.50.